The van der Waals surface area contributed by atoms with Gasteiger partial charge in [-0.25, -0.2) is 4.79 Å². The van der Waals surface area contributed by atoms with Crippen LogP contribution < -0.4 is 9.64 Å². The zero-order chi connectivity index (χ0) is 23.1. The minimum absolute atomic E-state index is 0.0998. The molecule has 2 aliphatic rings. The van der Waals surface area contributed by atoms with Gasteiger partial charge in [-0.15, -0.1) is 0 Å². The van der Waals surface area contributed by atoms with E-state index in [9.17, 15) is 20.2 Å². The molecule has 3 rings (SSSR count). The van der Waals surface area contributed by atoms with E-state index in [2.05, 4.69) is 6.07 Å². The van der Waals surface area contributed by atoms with Gasteiger partial charge in [-0.1, -0.05) is 0 Å². The maximum Gasteiger partial charge on any atom is 0.410 e. The fourth-order valence-corrected chi connectivity index (χ4v) is 4.23. The van der Waals surface area contributed by atoms with Crippen LogP contribution in [0.25, 0.3) is 0 Å². The topological polar surface area (TPSA) is 109 Å². The summed E-state index contributed by atoms with van der Waals surface area (Å²) in [6, 6.07) is 3.48. The molecular weight excluding hydrogens is 400 g/mol. The first-order chi connectivity index (χ1) is 14.3. The summed E-state index contributed by atoms with van der Waals surface area (Å²) in [5.74, 6) is 0.427. The van der Waals surface area contributed by atoms with Gasteiger partial charge in [0.05, 0.1) is 11.0 Å². The maximum absolute atomic E-state index is 12.5. The molecule has 0 N–H and O–H groups in total. The van der Waals surface area contributed by atoms with Crippen molar-refractivity contribution < 1.29 is 19.2 Å². The van der Waals surface area contributed by atoms with Crippen LogP contribution in [-0.4, -0.2) is 53.3 Å². The van der Waals surface area contributed by atoms with Gasteiger partial charge in [0.15, 0.2) is 0 Å². The van der Waals surface area contributed by atoms with Crippen molar-refractivity contribution in [2.24, 2.45) is 0 Å². The van der Waals surface area contributed by atoms with Crippen LogP contribution in [0.5, 0.6) is 5.75 Å². The minimum Gasteiger partial charge on any atom is -0.486 e. The number of fused-ring (bicyclic) bond motifs is 1. The first-order valence-electron chi connectivity index (χ1n) is 10.5. The van der Waals surface area contributed by atoms with Gasteiger partial charge in [-0.3, -0.25) is 10.1 Å². The average molecular weight is 431 g/mol. The van der Waals surface area contributed by atoms with E-state index in [0.717, 1.165) is 12.8 Å². The molecule has 1 amide bonds. The van der Waals surface area contributed by atoms with Crippen molar-refractivity contribution in [1.29, 1.82) is 5.26 Å². The second-order valence-electron chi connectivity index (χ2n) is 9.85. The third-order valence-corrected chi connectivity index (χ3v) is 5.55. The van der Waals surface area contributed by atoms with Gasteiger partial charge < -0.3 is 19.3 Å². The van der Waals surface area contributed by atoms with Gasteiger partial charge in [0.25, 0.3) is 5.69 Å². The Kier molecular flexibility index (Phi) is 5.78. The molecule has 31 heavy (non-hydrogen) atoms. The van der Waals surface area contributed by atoms with Crippen LogP contribution in [0, 0.1) is 21.4 Å². The number of carbonyl (C=O) groups excluding carboxylic acids is 1. The average Bonchev–Trinajstić information content (AvgIpc) is 2.98. The van der Waals surface area contributed by atoms with E-state index in [4.69, 9.17) is 9.47 Å². The Morgan fingerprint density at radius 2 is 2.13 bits per heavy atom. The van der Waals surface area contributed by atoms with Crippen molar-refractivity contribution in [2.75, 3.05) is 25.0 Å². The Morgan fingerprint density at radius 3 is 2.71 bits per heavy atom. The van der Waals surface area contributed by atoms with Crippen LogP contribution in [0.3, 0.4) is 0 Å². The molecule has 1 aromatic rings. The molecule has 0 radical (unpaired) electrons. The smallest absolute Gasteiger partial charge is 0.410 e. The first kappa shape index (κ1) is 22.7. The molecule has 168 valence electrons. The van der Waals surface area contributed by atoms with Crippen molar-refractivity contribution in [3.8, 4) is 11.8 Å². The summed E-state index contributed by atoms with van der Waals surface area (Å²) >= 11 is 0. The summed E-state index contributed by atoms with van der Waals surface area (Å²) in [4.78, 5) is 27.4. The predicted octanol–water partition coefficient (Wildman–Crippen LogP) is 4.02. The number of carbonyl (C=O) groups is 1. The lowest BCUT2D eigenvalue weighted by atomic mass is 9.97. The molecule has 0 saturated carbocycles. The molecular formula is C22H30N4O5. The highest BCUT2D eigenvalue weighted by Gasteiger charge is 2.39. The van der Waals surface area contributed by atoms with Gasteiger partial charge in [-0.05, 0) is 47.5 Å². The number of hydrogen-bond donors (Lipinski definition) is 0. The number of piperidine rings is 1. The van der Waals surface area contributed by atoms with Crippen molar-refractivity contribution >= 4 is 17.5 Å². The van der Waals surface area contributed by atoms with Crippen LogP contribution in [0.4, 0.5) is 16.2 Å². The molecule has 9 nitrogen and oxygen atoms in total. The van der Waals surface area contributed by atoms with Crippen molar-refractivity contribution in [3.63, 3.8) is 0 Å². The summed E-state index contributed by atoms with van der Waals surface area (Å²) in [6.45, 7) is 10.1. The van der Waals surface area contributed by atoms with E-state index in [1.54, 1.807) is 32.7 Å². The minimum atomic E-state index is -0.614. The number of ether oxygens (including phenoxy) is 2. The number of likely N-dealkylation sites (N-methyl/N-ethyl adjacent to an activating group) is 1. The molecule has 9 heteroatoms. The van der Waals surface area contributed by atoms with Crippen molar-refractivity contribution in [2.45, 2.75) is 71.1 Å². The maximum atomic E-state index is 12.5. The highest BCUT2D eigenvalue weighted by atomic mass is 16.6. The molecule has 1 fully saturated rings. The summed E-state index contributed by atoms with van der Waals surface area (Å²) in [5.41, 5.74) is -0.103. The summed E-state index contributed by atoms with van der Waals surface area (Å²) in [6.07, 6.45) is 1.54. The van der Waals surface area contributed by atoms with E-state index in [1.165, 1.54) is 6.07 Å². The standard InChI is InChI=1S/C22H30N4O5/c1-21(2,3)31-20(27)24(6)15-8-7-9-25(13-15)18-16(12-23)19-14(10-17(18)26(28)29)11-22(4,5)30-19/h10,15H,7-9,11,13H2,1-6H3. The van der Waals surface area contributed by atoms with Gasteiger partial charge in [0.1, 0.15) is 34.3 Å². The molecule has 0 aliphatic carbocycles. The number of nitriles is 1. The first-order valence-corrected chi connectivity index (χ1v) is 10.5. The fraction of sp³-hybridized carbons (Fsp3) is 0.636. The zero-order valence-electron chi connectivity index (χ0n) is 19.0. The number of amides is 1. The van der Waals surface area contributed by atoms with Crippen LogP contribution in [0.1, 0.15) is 58.6 Å². The van der Waals surface area contributed by atoms with Gasteiger partial charge in [-0.2, -0.15) is 5.26 Å². The molecule has 2 aliphatic heterocycles. The second kappa shape index (κ2) is 7.91. The Labute approximate surface area is 182 Å². The van der Waals surface area contributed by atoms with Crippen LogP contribution in [0.15, 0.2) is 6.07 Å². The quantitative estimate of drug-likeness (QED) is 0.526. The number of nitro groups is 1. The number of nitrogens with zero attached hydrogens (tertiary/aromatic N) is 4. The lowest BCUT2D eigenvalue weighted by Gasteiger charge is -2.39. The number of rotatable bonds is 3. The number of anilines is 1. The Morgan fingerprint density at radius 1 is 1.45 bits per heavy atom. The highest BCUT2D eigenvalue weighted by Crippen LogP contribution is 2.46. The largest absolute Gasteiger partial charge is 0.486 e. The van der Waals surface area contributed by atoms with Crippen LogP contribution >= 0.6 is 0 Å². The lowest BCUT2D eigenvalue weighted by molar-refractivity contribution is -0.384. The Bertz CT molecular complexity index is 945. The number of benzene rings is 1. The summed E-state index contributed by atoms with van der Waals surface area (Å²) in [7, 11) is 1.68. The van der Waals surface area contributed by atoms with Crippen LogP contribution in [-0.2, 0) is 11.2 Å². The Balaban J connectivity index is 1.96. The Hall–Kier alpha value is -3.02. The molecule has 0 aromatic heterocycles. The normalized spacial score (nSPS) is 19.8. The van der Waals surface area contributed by atoms with Crippen LogP contribution in [0.2, 0.25) is 0 Å². The second-order valence-corrected chi connectivity index (χ2v) is 9.85. The molecule has 2 heterocycles. The summed E-state index contributed by atoms with van der Waals surface area (Å²) < 4.78 is 11.5. The molecule has 1 atom stereocenters. The SMILES string of the molecule is CN(C(=O)OC(C)(C)C)C1CCCN(c2c([N+](=O)[O-])cc3c(c2C#N)OC(C)(C)C3)C1. The van der Waals surface area contributed by atoms with Gasteiger partial charge >= 0.3 is 6.09 Å². The molecule has 1 saturated heterocycles. The van der Waals surface area contributed by atoms with E-state index in [-0.39, 0.29) is 23.0 Å². The number of hydrogen-bond acceptors (Lipinski definition) is 7. The lowest BCUT2D eigenvalue weighted by Crippen LogP contribution is -2.50. The molecule has 0 bridgehead atoms. The molecule has 0 spiro atoms. The van der Waals surface area contributed by atoms with Crippen molar-refractivity contribution in [1.82, 2.24) is 4.90 Å². The third kappa shape index (κ3) is 4.68. The monoisotopic (exact) mass is 430 g/mol. The summed E-state index contributed by atoms with van der Waals surface area (Å²) in [5, 5.41) is 21.8. The molecule has 1 unspecified atom stereocenters. The predicted molar refractivity (Wildman–Crippen MR) is 115 cm³/mol. The van der Waals surface area contributed by atoms with Crippen molar-refractivity contribution in [3.05, 3.63) is 27.3 Å². The van der Waals surface area contributed by atoms with Gasteiger partial charge in [0.2, 0.25) is 0 Å². The number of nitro benzene ring substituents is 1. The third-order valence-electron chi connectivity index (χ3n) is 5.55. The van der Waals surface area contributed by atoms with E-state index in [0.29, 0.717) is 30.8 Å². The highest BCUT2D eigenvalue weighted by molar-refractivity contribution is 5.78. The fourth-order valence-electron chi connectivity index (χ4n) is 4.23. The van der Waals surface area contributed by atoms with Gasteiger partial charge in [0, 0.05) is 38.2 Å². The molecule has 1 aromatic carbocycles. The van der Waals surface area contributed by atoms with E-state index in [1.807, 2.05) is 18.7 Å². The zero-order valence-corrected chi connectivity index (χ0v) is 19.0. The van der Waals surface area contributed by atoms with E-state index >= 15 is 0 Å². The van der Waals surface area contributed by atoms with E-state index < -0.39 is 22.2 Å².